The summed E-state index contributed by atoms with van der Waals surface area (Å²) in [6.07, 6.45) is 2.73. The topological polar surface area (TPSA) is 50.8 Å². The fourth-order valence-corrected chi connectivity index (χ4v) is 4.10. The summed E-state index contributed by atoms with van der Waals surface area (Å²) < 4.78 is 24.1. The van der Waals surface area contributed by atoms with Gasteiger partial charge in [-0.1, -0.05) is 25.1 Å². The van der Waals surface area contributed by atoms with Crippen LogP contribution in [0.2, 0.25) is 0 Å². The van der Waals surface area contributed by atoms with Gasteiger partial charge in [-0.05, 0) is 67.2 Å². The van der Waals surface area contributed by atoms with Gasteiger partial charge in [0.1, 0.15) is 5.82 Å². The van der Waals surface area contributed by atoms with Gasteiger partial charge < -0.3 is 14.8 Å². The predicted molar refractivity (Wildman–Crippen MR) is 109 cm³/mol. The Labute approximate surface area is 170 Å². The number of hydrogen-bond acceptors (Lipinski definition) is 4. The number of benzene rings is 2. The molecule has 0 spiro atoms. The molecule has 154 valence electrons. The minimum atomic E-state index is -0.261. The predicted octanol–water partition coefficient (Wildman–Crippen LogP) is 4.00. The molecule has 1 fully saturated rings. The Hall–Kier alpha value is -2.60. The molecule has 1 saturated heterocycles. The maximum Gasteiger partial charge on any atom is 0.231 e. The average Bonchev–Trinajstić information content (AvgIpc) is 3.40. The van der Waals surface area contributed by atoms with Crippen molar-refractivity contribution in [1.29, 1.82) is 0 Å². The molecule has 6 heteroatoms. The van der Waals surface area contributed by atoms with Gasteiger partial charge in [-0.3, -0.25) is 9.69 Å². The van der Waals surface area contributed by atoms with Crippen LogP contribution in [0.4, 0.5) is 4.39 Å². The van der Waals surface area contributed by atoms with Crippen LogP contribution in [-0.4, -0.2) is 37.2 Å². The molecule has 0 bridgehead atoms. The minimum absolute atomic E-state index is 0.00626. The Morgan fingerprint density at radius 1 is 1.07 bits per heavy atom. The monoisotopic (exact) mass is 398 g/mol. The standard InChI is InChI=1S/C23H27FN2O3/c1-16(17-4-7-19(24)8-5-17)12-23(27)25-14-20(26-10-2-3-11-26)18-6-9-21-22(13-18)29-15-28-21/h4-9,13,16,20H,2-3,10-12,14-15H2,1H3,(H,25,27). The Morgan fingerprint density at radius 3 is 2.52 bits per heavy atom. The summed E-state index contributed by atoms with van der Waals surface area (Å²) in [7, 11) is 0. The quantitative estimate of drug-likeness (QED) is 0.766. The SMILES string of the molecule is CC(CC(=O)NCC(c1ccc2c(c1)OCO2)N1CCCC1)c1ccc(F)cc1. The molecule has 2 unspecified atom stereocenters. The molecule has 1 N–H and O–H groups in total. The van der Waals surface area contributed by atoms with Crippen LogP contribution in [0.15, 0.2) is 42.5 Å². The first kappa shape index (κ1) is 19.7. The van der Waals surface area contributed by atoms with Gasteiger partial charge in [-0.2, -0.15) is 0 Å². The second-order valence-electron chi connectivity index (χ2n) is 7.83. The van der Waals surface area contributed by atoms with E-state index in [1.807, 2.05) is 19.1 Å². The number of likely N-dealkylation sites (tertiary alicyclic amines) is 1. The summed E-state index contributed by atoms with van der Waals surface area (Å²) in [6, 6.07) is 12.5. The molecule has 2 aliphatic heterocycles. The first-order valence-corrected chi connectivity index (χ1v) is 10.3. The minimum Gasteiger partial charge on any atom is -0.454 e. The molecule has 29 heavy (non-hydrogen) atoms. The van der Waals surface area contributed by atoms with Crippen molar-refractivity contribution in [1.82, 2.24) is 10.2 Å². The first-order valence-electron chi connectivity index (χ1n) is 10.3. The van der Waals surface area contributed by atoms with E-state index >= 15 is 0 Å². The number of hydrogen-bond donors (Lipinski definition) is 1. The fourth-order valence-electron chi connectivity index (χ4n) is 4.10. The molecule has 0 aliphatic carbocycles. The number of halogens is 1. The van der Waals surface area contributed by atoms with Crippen LogP contribution >= 0.6 is 0 Å². The van der Waals surface area contributed by atoms with Crippen molar-refractivity contribution in [3.05, 3.63) is 59.4 Å². The van der Waals surface area contributed by atoms with Crippen molar-refractivity contribution < 1.29 is 18.7 Å². The zero-order chi connectivity index (χ0) is 20.2. The van der Waals surface area contributed by atoms with E-state index in [0.29, 0.717) is 13.0 Å². The highest BCUT2D eigenvalue weighted by Gasteiger charge is 2.26. The van der Waals surface area contributed by atoms with Crippen LogP contribution in [-0.2, 0) is 4.79 Å². The highest BCUT2D eigenvalue weighted by Crippen LogP contribution is 2.36. The van der Waals surface area contributed by atoms with Crippen molar-refractivity contribution in [2.75, 3.05) is 26.4 Å². The molecule has 2 heterocycles. The molecule has 2 atom stereocenters. The second-order valence-corrected chi connectivity index (χ2v) is 7.83. The smallest absolute Gasteiger partial charge is 0.231 e. The summed E-state index contributed by atoms with van der Waals surface area (Å²) >= 11 is 0. The molecule has 5 nitrogen and oxygen atoms in total. The number of carbonyl (C=O) groups is 1. The van der Waals surface area contributed by atoms with Crippen LogP contribution < -0.4 is 14.8 Å². The Bertz CT molecular complexity index is 850. The number of nitrogens with one attached hydrogen (secondary N) is 1. The number of ether oxygens (including phenoxy) is 2. The summed E-state index contributed by atoms with van der Waals surface area (Å²) in [6.45, 7) is 4.85. The van der Waals surface area contributed by atoms with Gasteiger partial charge in [-0.25, -0.2) is 4.39 Å². The fraction of sp³-hybridized carbons (Fsp3) is 0.435. The van der Waals surface area contributed by atoms with E-state index in [2.05, 4.69) is 16.3 Å². The van der Waals surface area contributed by atoms with E-state index in [-0.39, 0.29) is 30.5 Å². The van der Waals surface area contributed by atoms with Crippen molar-refractivity contribution in [3.8, 4) is 11.5 Å². The lowest BCUT2D eigenvalue weighted by Gasteiger charge is -2.28. The van der Waals surface area contributed by atoms with Crippen molar-refractivity contribution in [2.24, 2.45) is 0 Å². The van der Waals surface area contributed by atoms with Crippen LogP contribution in [0.1, 0.15) is 49.3 Å². The van der Waals surface area contributed by atoms with Gasteiger partial charge in [0.25, 0.3) is 0 Å². The van der Waals surface area contributed by atoms with E-state index in [1.54, 1.807) is 12.1 Å². The number of rotatable bonds is 7. The van der Waals surface area contributed by atoms with Gasteiger partial charge in [-0.15, -0.1) is 0 Å². The molecule has 2 aliphatic rings. The number of fused-ring (bicyclic) bond motifs is 1. The zero-order valence-electron chi connectivity index (χ0n) is 16.7. The third-order valence-corrected chi connectivity index (χ3v) is 5.79. The summed E-state index contributed by atoms with van der Waals surface area (Å²) in [5.41, 5.74) is 2.09. The number of nitrogens with zero attached hydrogens (tertiary/aromatic N) is 1. The zero-order valence-corrected chi connectivity index (χ0v) is 16.7. The van der Waals surface area contributed by atoms with Crippen LogP contribution in [0.5, 0.6) is 11.5 Å². The highest BCUT2D eigenvalue weighted by atomic mass is 19.1. The van der Waals surface area contributed by atoms with E-state index < -0.39 is 0 Å². The van der Waals surface area contributed by atoms with Crippen molar-refractivity contribution in [2.45, 2.75) is 38.1 Å². The maximum absolute atomic E-state index is 13.1. The number of carbonyl (C=O) groups excluding carboxylic acids is 1. The lowest BCUT2D eigenvalue weighted by atomic mass is 9.97. The van der Waals surface area contributed by atoms with Gasteiger partial charge in [0.05, 0.1) is 6.04 Å². The lowest BCUT2D eigenvalue weighted by molar-refractivity contribution is -0.121. The van der Waals surface area contributed by atoms with Crippen LogP contribution in [0.3, 0.4) is 0 Å². The van der Waals surface area contributed by atoms with Gasteiger partial charge in [0, 0.05) is 13.0 Å². The highest BCUT2D eigenvalue weighted by molar-refractivity contribution is 5.76. The normalized spacial score (nSPS) is 17.9. The van der Waals surface area contributed by atoms with Crippen LogP contribution in [0, 0.1) is 5.82 Å². The molecule has 0 aromatic heterocycles. The Kier molecular flexibility index (Phi) is 6.00. The number of amides is 1. The van der Waals surface area contributed by atoms with E-state index in [1.165, 1.54) is 25.0 Å². The van der Waals surface area contributed by atoms with E-state index in [0.717, 1.165) is 35.7 Å². The average molecular weight is 398 g/mol. The third-order valence-electron chi connectivity index (χ3n) is 5.79. The van der Waals surface area contributed by atoms with E-state index in [4.69, 9.17) is 9.47 Å². The lowest BCUT2D eigenvalue weighted by Crippen LogP contribution is -2.37. The molecule has 1 amide bonds. The molecule has 4 rings (SSSR count). The van der Waals surface area contributed by atoms with E-state index in [9.17, 15) is 9.18 Å². The summed E-state index contributed by atoms with van der Waals surface area (Å²) in [4.78, 5) is 15.0. The molecule has 2 aromatic carbocycles. The third kappa shape index (κ3) is 4.70. The second kappa shape index (κ2) is 8.82. The Morgan fingerprint density at radius 2 is 1.76 bits per heavy atom. The van der Waals surface area contributed by atoms with Crippen molar-refractivity contribution >= 4 is 5.91 Å². The Balaban J connectivity index is 1.40. The summed E-state index contributed by atoms with van der Waals surface area (Å²) in [5, 5.41) is 3.11. The molecular weight excluding hydrogens is 371 g/mol. The van der Waals surface area contributed by atoms with Crippen LogP contribution in [0.25, 0.3) is 0 Å². The molecule has 0 saturated carbocycles. The summed E-state index contributed by atoms with van der Waals surface area (Å²) in [5.74, 6) is 1.31. The van der Waals surface area contributed by atoms with Gasteiger partial charge in [0.15, 0.2) is 11.5 Å². The maximum atomic E-state index is 13.1. The van der Waals surface area contributed by atoms with Crippen molar-refractivity contribution in [3.63, 3.8) is 0 Å². The first-order chi connectivity index (χ1) is 14.1. The van der Waals surface area contributed by atoms with Gasteiger partial charge >= 0.3 is 0 Å². The largest absolute Gasteiger partial charge is 0.454 e. The molecular formula is C23H27FN2O3. The molecule has 2 aromatic rings. The van der Waals surface area contributed by atoms with Gasteiger partial charge in [0.2, 0.25) is 12.7 Å². The molecule has 0 radical (unpaired) electrons.